The van der Waals surface area contributed by atoms with E-state index in [4.69, 9.17) is 8.85 Å². The van der Waals surface area contributed by atoms with E-state index in [1.807, 2.05) is 103 Å². The van der Waals surface area contributed by atoms with E-state index in [1.165, 1.54) is 103 Å². The lowest BCUT2D eigenvalue weighted by molar-refractivity contribution is 0.0809. The Hall–Kier alpha value is -12.6. The van der Waals surface area contributed by atoms with E-state index in [2.05, 4.69) is 0 Å². The molecule has 4 aromatic heterocycles. The van der Waals surface area contributed by atoms with Crippen LogP contribution in [0.15, 0.2) is 221 Å². The zero-order valence-corrected chi connectivity index (χ0v) is 76.7. The number of benzene rings is 8. The molecule has 33 heteroatoms. The highest BCUT2D eigenvalue weighted by Crippen LogP contribution is 2.64. The first kappa shape index (κ1) is 86.3. The van der Waals surface area contributed by atoms with E-state index in [0.717, 1.165) is 85.5 Å². The molecule has 12 aliphatic rings. The van der Waals surface area contributed by atoms with Gasteiger partial charge in [-0.3, -0.25) is 77.1 Å². The maximum Gasteiger partial charge on any atom is 0.224 e. The number of carbonyl (C=O) groups excluding carboxylic acids is 4. The van der Waals surface area contributed by atoms with Gasteiger partial charge in [0.2, 0.25) is 21.7 Å². The number of aromatic nitrogens is 4. The van der Waals surface area contributed by atoms with Gasteiger partial charge in [-0.05, 0) is 162 Å². The van der Waals surface area contributed by atoms with E-state index < -0.39 is 137 Å². The normalized spacial score (nSPS) is 24.0. The fraction of sp³-hybridized carbons (Fsp3) is 0.301. The third-order valence-corrected chi connectivity index (χ3v) is 33.9. The molecular formula is C103H86F8N8O13S4. The van der Waals surface area contributed by atoms with Crippen LogP contribution in [0.4, 0.5) is 35.1 Å². The Morgan fingerprint density at radius 2 is 0.750 bits per heavy atom. The molecule has 0 radical (unpaired) electrons. The van der Waals surface area contributed by atoms with Crippen LogP contribution in [0.1, 0.15) is 200 Å². The summed E-state index contributed by atoms with van der Waals surface area (Å²) in [4.78, 5) is 106. The molecule has 696 valence electrons. The van der Waals surface area contributed by atoms with Crippen molar-refractivity contribution in [3.05, 3.63) is 371 Å². The van der Waals surface area contributed by atoms with Gasteiger partial charge >= 0.3 is 0 Å². The van der Waals surface area contributed by atoms with Crippen molar-refractivity contribution < 1.29 is 83.6 Å². The summed E-state index contributed by atoms with van der Waals surface area (Å²) in [7, 11) is 1.57. The highest BCUT2D eigenvalue weighted by molar-refractivity contribution is 7.99. The predicted molar refractivity (Wildman–Crippen MR) is 497 cm³/mol. The number of fused-ring (bicyclic) bond motifs is 12. The lowest BCUT2D eigenvalue weighted by Gasteiger charge is -2.43. The number of hydrogen-bond acceptors (Lipinski definition) is 21. The maximum absolute atomic E-state index is 15.1. The van der Waals surface area contributed by atoms with Crippen LogP contribution < -0.4 is 41.8 Å². The summed E-state index contributed by atoms with van der Waals surface area (Å²) in [6.45, 7) is 9.03. The number of ketones is 4. The quantitative estimate of drug-likeness (QED) is 0.108. The van der Waals surface area contributed by atoms with Gasteiger partial charge in [0, 0.05) is 147 Å². The summed E-state index contributed by atoms with van der Waals surface area (Å²) >= 11 is 5.44. The molecule has 4 N–H and O–H groups in total. The summed E-state index contributed by atoms with van der Waals surface area (Å²) in [5, 5.41) is 50.1. The van der Waals surface area contributed by atoms with Crippen LogP contribution in [0.5, 0.6) is 23.0 Å². The fourth-order valence-electron chi connectivity index (χ4n) is 21.7. The molecule has 4 saturated carbocycles. The van der Waals surface area contributed by atoms with Crippen molar-refractivity contribution in [1.82, 2.24) is 18.7 Å². The molecule has 0 bridgehead atoms. The predicted octanol–water partition coefficient (Wildman–Crippen LogP) is 17.9. The van der Waals surface area contributed by atoms with Crippen molar-refractivity contribution in [2.45, 2.75) is 133 Å². The molecule has 24 rings (SSSR count). The maximum atomic E-state index is 15.1. The number of nitrogens with zero attached hydrogens (tertiary/aromatic N) is 8. The molecule has 21 nitrogen and oxygen atoms in total. The Morgan fingerprint density at radius 1 is 0.397 bits per heavy atom. The van der Waals surface area contributed by atoms with Crippen LogP contribution >= 0.6 is 47.0 Å². The van der Waals surface area contributed by atoms with Crippen LogP contribution in [0.2, 0.25) is 0 Å². The van der Waals surface area contributed by atoms with Gasteiger partial charge in [0.25, 0.3) is 0 Å². The number of aryl methyl sites for hydroxylation is 1. The van der Waals surface area contributed by atoms with E-state index in [1.54, 1.807) is 37.2 Å². The number of hydrogen-bond donors (Lipinski definition) is 4. The first-order valence-electron chi connectivity index (χ1n) is 45.9. The monoisotopic (exact) mass is 1930 g/mol. The largest absolute Gasteiger partial charge is 0.503 e. The third-order valence-electron chi connectivity index (χ3n) is 29.4. The summed E-state index contributed by atoms with van der Waals surface area (Å²) in [5.74, 6) is -10.1. The fourth-order valence-corrected chi connectivity index (χ4v) is 26.3. The first-order chi connectivity index (χ1) is 66.5. The number of aromatic hydroxyl groups is 4. The minimum atomic E-state index is -1.03. The number of thioether (sulfide) groups is 4. The van der Waals surface area contributed by atoms with Crippen LogP contribution in [0.25, 0.3) is 0 Å². The molecule has 12 heterocycles. The third kappa shape index (κ3) is 14.1. The van der Waals surface area contributed by atoms with Gasteiger partial charge in [0.05, 0.1) is 56.5 Å². The summed E-state index contributed by atoms with van der Waals surface area (Å²) < 4.78 is 155. The van der Waals surface area contributed by atoms with E-state index in [-0.39, 0.29) is 146 Å². The number of Topliss-reactive ketones (excluding diaryl/α,β-unsaturated/α-hetero) is 4. The molecule has 136 heavy (non-hydrogen) atoms. The molecule has 9 unspecified atom stereocenters. The topological polar surface area (TPSA) is 259 Å². The Kier molecular flexibility index (Phi) is 21.2. The Labute approximate surface area is 793 Å². The number of methoxy groups -OCH3 is 1. The zero-order chi connectivity index (χ0) is 97.9. The van der Waals surface area contributed by atoms with E-state index in [9.17, 15) is 76.3 Å². The van der Waals surface area contributed by atoms with Gasteiger partial charge in [-0.1, -0.05) is 111 Å². The van der Waals surface area contributed by atoms with Crippen LogP contribution in [-0.4, -0.2) is 102 Å². The molecule has 12 aromatic rings. The molecule has 4 aliphatic carbocycles. The second kappa shape index (κ2) is 33.4. The van der Waals surface area contributed by atoms with Crippen LogP contribution in [0.3, 0.4) is 0 Å². The summed E-state index contributed by atoms with van der Waals surface area (Å²) in [5.41, 5.74) is 1.25. The number of rotatable bonds is 7. The van der Waals surface area contributed by atoms with Crippen molar-refractivity contribution in [2.24, 2.45) is 39.4 Å². The molecule has 0 saturated heterocycles. The van der Waals surface area contributed by atoms with Crippen molar-refractivity contribution in [2.75, 3.05) is 59.9 Å². The van der Waals surface area contributed by atoms with E-state index >= 15 is 17.6 Å². The number of ether oxygens (including phenoxy) is 1. The van der Waals surface area contributed by atoms with Crippen molar-refractivity contribution in [3.8, 4) is 23.0 Å². The lowest BCUT2D eigenvalue weighted by atomic mass is 9.88. The second-order valence-electron chi connectivity index (χ2n) is 36.9. The Balaban J connectivity index is 0.000000110. The standard InChI is InChI=1S/C26H22F2N2O4S.2C26H22F2N2O3S.C25H20F2N2O3S/c1-34-11-14-10-26(14)13-30(29-9-8-19(31)24(32)23(29)25(26)33)22-15-6-7-18(27)21(28)17(15)12-35-20-5-3-2-4-16(20)22;1-13-4-3-5-16-21(15-6-7-18(27)20(28)17(15)11-34-24(13)16)30-12-26(10-14(26)2)25(33)22-23(32)19(31)8-9-29(22)30;1-2-14-11-26(14)13-30(29-10-9-19(31)24(32)23(29)25(26)33)22-15-7-8-18(27)21(28)17(15)12-34-20-6-4-3-5-16(20)22;1-13-2-3-15-19(10-13)33-11-16-14(4-5-17(26)20(16)27)21(15)29-12-25(7-8-25)24(32)22-23(31)18(30)6-9-28(22)29/h2-9,14,22,32H,10-13H2,1H3;3-9,14,21,32H,10-12H2,1-2H3;3-10,14,22,32H,2,11-13H2,1H3;2-6,9-10,21,31H,7-8,11-12H2,1H3/t;;;21-/m...0/s1/i;;;2D,3D,10D. The van der Waals surface area contributed by atoms with Gasteiger partial charge in [0.1, 0.15) is 0 Å². The van der Waals surface area contributed by atoms with Crippen molar-refractivity contribution in [3.63, 3.8) is 0 Å². The number of halogens is 8. The van der Waals surface area contributed by atoms with Gasteiger partial charge in [0.15, 0.2) is 115 Å². The Morgan fingerprint density at radius 3 is 1.15 bits per heavy atom. The number of pyridine rings is 4. The van der Waals surface area contributed by atoms with Crippen molar-refractivity contribution >= 4 is 70.2 Å². The summed E-state index contributed by atoms with van der Waals surface area (Å²) in [6.07, 6.45) is 9.49. The molecule has 10 atom stereocenters. The van der Waals surface area contributed by atoms with E-state index in [0.29, 0.717) is 84.5 Å². The smallest absolute Gasteiger partial charge is 0.224 e. The molecule has 8 aromatic carbocycles. The van der Waals surface area contributed by atoms with Gasteiger partial charge in [-0.25, -0.2) is 35.1 Å². The molecule has 0 amide bonds. The average Bonchev–Trinajstić information content (AvgIpc) is 1.55. The highest BCUT2D eigenvalue weighted by Gasteiger charge is 2.67. The minimum absolute atomic E-state index is 0.00468. The minimum Gasteiger partial charge on any atom is -0.503 e. The average molecular weight is 1930 g/mol. The number of carbonyl (C=O) groups is 4. The van der Waals surface area contributed by atoms with Crippen LogP contribution in [0, 0.1) is 99.8 Å². The molecular weight excluding hydrogens is 1840 g/mol. The lowest BCUT2D eigenvalue weighted by Crippen LogP contribution is -2.52. The molecule has 4 spiro atoms. The first-order valence-corrected chi connectivity index (χ1v) is 48.3. The SMILES string of the molecule is CCC1CC12CN(C1c3ccccc3SCc3c1ccc(F)c3F)n1ccc(=O)c(O)c1C2=O.COCC1CC12CN(C1c3ccccc3SCc3c1ccc(F)c3F)n1ccc(=O)c(O)c1C2=O.Cc1cccc2c1SCc1c(ccc(F)c1F)C2N1CC2(CC2C)C(=O)c2c(O)c(=O)ccn21.[2H]c1c([2H])c2c(c([2H])c1C)SCc1c(ccc(F)c1F)[C@@H]2N1CC2(CC2)C(=O)c2c(O)c(=O)ccn21. The molecule has 4 fully saturated rings. The molecule has 8 aliphatic heterocycles. The summed E-state index contributed by atoms with van der Waals surface area (Å²) in [6, 6.07) is 33.8. The highest BCUT2D eigenvalue weighted by atomic mass is 32.2. The second-order valence-corrected chi connectivity index (χ2v) is 40.9. The zero-order valence-electron chi connectivity index (χ0n) is 76.4. The van der Waals surface area contributed by atoms with Gasteiger partial charge in [-0.2, -0.15) is 0 Å². The van der Waals surface area contributed by atoms with Crippen molar-refractivity contribution in [1.29, 1.82) is 0 Å². The van der Waals surface area contributed by atoms with Gasteiger partial charge in [-0.15, -0.1) is 47.0 Å². The van der Waals surface area contributed by atoms with Crippen LogP contribution in [-0.2, 0) is 27.7 Å². The van der Waals surface area contributed by atoms with Gasteiger partial charge < -0.3 is 25.2 Å². The Bertz CT molecular complexity index is 7660.